The molecule has 0 unspecified atom stereocenters. The van der Waals surface area contributed by atoms with Gasteiger partial charge in [-0.15, -0.1) is 21.5 Å². The van der Waals surface area contributed by atoms with Crippen LogP contribution in [0.15, 0.2) is 29.9 Å². The first-order valence-corrected chi connectivity index (χ1v) is 6.11. The van der Waals surface area contributed by atoms with E-state index in [0.29, 0.717) is 5.82 Å². The van der Waals surface area contributed by atoms with Crippen molar-refractivity contribution in [2.75, 3.05) is 5.32 Å². The number of nitrogens with one attached hydrogen (secondary N) is 2. The Labute approximate surface area is 110 Å². The Morgan fingerprint density at radius 3 is 3.11 bits per heavy atom. The van der Waals surface area contributed by atoms with Gasteiger partial charge in [-0.2, -0.15) is 5.21 Å². The highest BCUT2D eigenvalue weighted by Crippen LogP contribution is 2.24. The molecular weight excluding hydrogens is 266 g/mol. The largest absolute Gasteiger partial charge is 0.303 e. The van der Waals surface area contributed by atoms with E-state index in [1.165, 1.54) is 11.3 Å². The zero-order valence-corrected chi connectivity index (χ0v) is 10.3. The molecule has 19 heavy (non-hydrogen) atoms. The molecule has 8 nitrogen and oxygen atoms in total. The standard InChI is InChI=1S/C10H7N7OS/c18-9(8-14-16-17-15-8)12-7-5-19-10(13-7)6-2-1-3-11-4-6/h1-5H,(H,12,18)(H,14,15,16,17). The second kappa shape index (κ2) is 4.90. The second-order valence-corrected chi connectivity index (χ2v) is 4.33. The predicted molar refractivity (Wildman–Crippen MR) is 67.5 cm³/mol. The Morgan fingerprint density at radius 1 is 1.42 bits per heavy atom. The number of amides is 1. The molecule has 1 amide bonds. The molecule has 0 aliphatic carbocycles. The van der Waals surface area contributed by atoms with Gasteiger partial charge in [-0.05, 0) is 17.3 Å². The van der Waals surface area contributed by atoms with Gasteiger partial charge < -0.3 is 5.32 Å². The number of carbonyl (C=O) groups is 1. The van der Waals surface area contributed by atoms with Crippen molar-refractivity contribution >= 4 is 23.1 Å². The van der Waals surface area contributed by atoms with Crippen molar-refractivity contribution in [3.8, 4) is 10.6 Å². The predicted octanol–water partition coefficient (Wildman–Crippen LogP) is 0.970. The molecule has 0 aromatic carbocycles. The number of anilines is 1. The molecular formula is C10H7N7OS. The van der Waals surface area contributed by atoms with Gasteiger partial charge in [0, 0.05) is 23.3 Å². The normalized spacial score (nSPS) is 10.3. The Kier molecular flexibility index (Phi) is 2.94. The number of thiazole rings is 1. The molecule has 2 N–H and O–H groups in total. The molecule has 0 saturated carbocycles. The van der Waals surface area contributed by atoms with Gasteiger partial charge in [0.05, 0.1) is 0 Å². The van der Waals surface area contributed by atoms with E-state index in [1.807, 2.05) is 12.1 Å². The van der Waals surface area contributed by atoms with Crippen molar-refractivity contribution in [2.24, 2.45) is 0 Å². The maximum atomic E-state index is 11.7. The van der Waals surface area contributed by atoms with Crippen molar-refractivity contribution in [1.29, 1.82) is 0 Å². The number of hydrogen-bond donors (Lipinski definition) is 2. The van der Waals surface area contributed by atoms with E-state index in [-0.39, 0.29) is 5.82 Å². The third-order valence-corrected chi connectivity index (χ3v) is 3.09. The van der Waals surface area contributed by atoms with Crippen LogP contribution in [0.1, 0.15) is 10.6 Å². The van der Waals surface area contributed by atoms with Crippen molar-refractivity contribution < 1.29 is 4.79 Å². The van der Waals surface area contributed by atoms with Gasteiger partial charge in [0.2, 0.25) is 0 Å². The third kappa shape index (κ3) is 2.45. The van der Waals surface area contributed by atoms with Crippen LogP contribution in [-0.4, -0.2) is 36.5 Å². The van der Waals surface area contributed by atoms with E-state index in [2.05, 4.69) is 35.9 Å². The monoisotopic (exact) mass is 273 g/mol. The first-order valence-electron chi connectivity index (χ1n) is 5.23. The lowest BCUT2D eigenvalue weighted by molar-refractivity contribution is 0.101. The maximum absolute atomic E-state index is 11.7. The van der Waals surface area contributed by atoms with Crippen LogP contribution in [0.5, 0.6) is 0 Å². The first kappa shape index (κ1) is 11.4. The van der Waals surface area contributed by atoms with Gasteiger partial charge in [-0.1, -0.05) is 0 Å². The average molecular weight is 273 g/mol. The Morgan fingerprint density at radius 2 is 2.37 bits per heavy atom. The molecule has 0 atom stereocenters. The van der Waals surface area contributed by atoms with E-state index in [0.717, 1.165) is 10.6 Å². The summed E-state index contributed by atoms with van der Waals surface area (Å²) < 4.78 is 0. The highest BCUT2D eigenvalue weighted by atomic mass is 32.1. The number of carbonyl (C=O) groups excluding carboxylic acids is 1. The van der Waals surface area contributed by atoms with Gasteiger partial charge in [0.25, 0.3) is 11.7 Å². The minimum atomic E-state index is -0.461. The highest BCUT2D eigenvalue weighted by molar-refractivity contribution is 7.13. The van der Waals surface area contributed by atoms with Crippen LogP contribution in [0.2, 0.25) is 0 Å². The van der Waals surface area contributed by atoms with Crippen LogP contribution in [-0.2, 0) is 0 Å². The topological polar surface area (TPSA) is 109 Å². The van der Waals surface area contributed by atoms with E-state index < -0.39 is 5.91 Å². The molecule has 94 valence electrons. The molecule has 3 rings (SSSR count). The zero-order chi connectivity index (χ0) is 13.1. The highest BCUT2D eigenvalue weighted by Gasteiger charge is 2.13. The number of H-pyrrole nitrogens is 1. The number of aromatic nitrogens is 6. The molecule has 3 heterocycles. The molecule has 3 aromatic heterocycles. The lowest BCUT2D eigenvalue weighted by atomic mass is 10.3. The van der Waals surface area contributed by atoms with E-state index in [9.17, 15) is 4.79 Å². The second-order valence-electron chi connectivity index (χ2n) is 3.47. The number of nitrogens with zero attached hydrogens (tertiary/aromatic N) is 5. The molecule has 3 aromatic rings. The minimum absolute atomic E-state index is 0.0315. The number of hydrogen-bond acceptors (Lipinski definition) is 7. The quantitative estimate of drug-likeness (QED) is 0.735. The van der Waals surface area contributed by atoms with Crippen LogP contribution in [0.3, 0.4) is 0 Å². The van der Waals surface area contributed by atoms with Gasteiger partial charge in [0.1, 0.15) is 10.8 Å². The smallest absolute Gasteiger partial charge is 0.298 e. The van der Waals surface area contributed by atoms with E-state index in [1.54, 1.807) is 17.8 Å². The fourth-order valence-corrected chi connectivity index (χ4v) is 2.13. The average Bonchev–Trinajstić information content (AvgIpc) is 3.11. The third-order valence-electron chi connectivity index (χ3n) is 2.20. The molecule has 9 heteroatoms. The fraction of sp³-hybridized carbons (Fsp3) is 0. The van der Waals surface area contributed by atoms with Crippen LogP contribution in [0, 0.1) is 0 Å². The summed E-state index contributed by atoms with van der Waals surface area (Å²) in [6, 6.07) is 3.73. The van der Waals surface area contributed by atoms with Crippen LogP contribution < -0.4 is 5.32 Å². The van der Waals surface area contributed by atoms with Crippen LogP contribution in [0.4, 0.5) is 5.82 Å². The van der Waals surface area contributed by atoms with E-state index in [4.69, 9.17) is 0 Å². The Bertz CT molecular complexity index is 679. The van der Waals surface area contributed by atoms with Crippen LogP contribution >= 0.6 is 11.3 Å². The van der Waals surface area contributed by atoms with Crippen molar-refractivity contribution in [1.82, 2.24) is 30.6 Å². The number of tetrazole rings is 1. The number of rotatable bonds is 3. The van der Waals surface area contributed by atoms with Crippen LogP contribution in [0.25, 0.3) is 10.6 Å². The van der Waals surface area contributed by atoms with Crippen molar-refractivity contribution in [3.05, 3.63) is 35.7 Å². The SMILES string of the molecule is O=C(Nc1csc(-c2cccnc2)n1)c1nn[nH]n1. The summed E-state index contributed by atoms with van der Waals surface area (Å²) in [5, 5.41) is 17.8. The van der Waals surface area contributed by atoms with Gasteiger partial charge >= 0.3 is 0 Å². The van der Waals surface area contributed by atoms with E-state index >= 15 is 0 Å². The lowest BCUT2D eigenvalue weighted by Gasteiger charge is -1.96. The molecule has 0 fully saturated rings. The summed E-state index contributed by atoms with van der Waals surface area (Å²) in [4.78, 5) is 20.0. The summed E-state index contributed by atoms with van der Waals surface area (Å²) >= 11 is 1.41. The van der Waals surface area contributed by atoms with Gasteiger partial charge in [-0.3, -0.25) is 9.78 Å². The summed E-state index contributed by atoms with van der Waals surface area (Å²) in [6.07, 6.45) is 3.40. The zero-order valence-electron chi connectivity index (χ0n) is 9.44. The lowest BCUT2D eigenvalue weighted by Crippen LogP contribution is -2.14. The Balaban J connectivity index is 1.77. The van der Waals surface area contributed by atoms with Crippen molar-refractivity contribution in [3.63, 3.8) is 0 Å². The number of aromatic amines is 1. The summed E-state index contributed by atoms with van der Waals surface area (Å²) in [5.41, 5.74) is 0.896. The van der Waals surface area contributed by atoms with Gasteiger partial charge in [0.15, 0.2) is 0 Å². The molecule has 0 bridgehead atoms. The molecule has 0 saturated heterocycles. The summed E-state index contributed by atoms with van der Waals surface area (Å²) in [7, 11) is 0. The molecule has 0 aliphatic heterocycles. The van der Waals surface area contributed by atoms with Gasteiger partial charge in [-0.25, -0.2) is 4.98 Å². The molecule has 0 aliphatic rings. The first-order chi connectivity index (χ1) is 9.33. The summed E-state index contributed by atoms with van der Waals surface area (Å²) in [6.45, 7) is 0. The van der Waals surface area contributed by atoms with Crippen molar-refractivity contribution in [2.45, 2.75) is 0 Å². The summed E-state index contributed by atoms with van der Waals surface area (Å²) in [5.74, 6) is -0.0497. The molecule has 0 radical (unpaired) electrons. The maximum Gasteiger partial charge on any atom is 0.298 e. The Hall–Kier alpha value is -2.68. The minimum Gasteiger partial charge on any atom is -0.303 e. The fourth-order valence-electron chi connectivity index (χ4n) is 1.38. The number of pyridine rings is 1. The molecule has 0 spiro atoms.